The SMILES string of the molecule is Cc1cc(C(=O)N[C@H](C=O)Cc2ccccc2)n(-c2ccncn2)n1. The van der Waals surface area contributed by atoms with Crippen LogP contribution < -0.4 is 5.32 Å². The highest BCUT2D eigenvalue weighted by atomic mass is 16.2. The van der Waals surface area contributed by atoms with Crippen LogP contribution in [0.5, 0.6) is 0 Å². The van der Waals surface area contributed by atoms with E-state index in [0.717, 1.165) is 11.8 Å². The fourth-order valence-electron chi connectivity index (χ4n) is 2.49. The summed E-state index contributed by atoms with van der Waals surface area (Å²) in [6.45, 7) is 1.79. The zero-order valence-corrected chi connectivity index (χ0v) is 13.7. The number of aromatic nitrogens is 4. The standard InChI is InChI=1S/C18H17N5O2/c1-13-9-16(23(22-13)17-7-8-19-12-20-17)18(25)21-15(11-24)10-14-5-3-2-4-6-14/h2-9,11-12,15H,10H2,1H3,(H,21,25)/t15-/m0/s1. The lowest BCUT2D eigenvalue weighted by atomic mass is 10.1. The van der Waals surface area contributed by atoms with Crippen LogP contribution in [0, 0.1) is 6.92 Å². The fraction of sp³-hybridized carbons (Fsp3) is 0.167. The number of nitrogens with one attached hydrogen (secondary N) is 1. The molecule has 7 nitrogen and oxygen atoms in total. The molecule has 126 valence electrons. The number of hydrogen-bond acceptors (Lipinski definition) is 5. The van der Waals surface area contributed by atoms with Crippen LogP contribution in [0.1, 0.15) is 21.7 Å². The van der Waals surface area contributed by atoms with Crippen LogP contribution in [0.2, 0.25) is 0 Å². The van der Waals surface area contributed by atoms with Crippen LogP contribution in [-0.2, 0) is 11.2 Å². The smallest absolute Gasteiger partial charge is 0.270 e. The average molecular weight is 335 g/mol. The molecule has 0 fully saturated rings. The maximum Gasteiger partial charge on any atom is 0.270 e. The summed E-state index contributed by atoms with van der Waals surface area (Å²) in [5.41, 5.74) is 1.96. The fourth-order valence-corrected chi connectivity index (χ4v) is 2.49. The van der Waals surface area contributed by atoms with Gasteiger partial charge in [-0.1, -0.05) is 30.3 Å². The van der Waals surface area contributed by atoms with E-state index in [9.17, 15) is 9.59 Å². The number of aldehydes is 1. The molecule has 0 aliphatic carbocycles. The highest BCUT2D eigenvalue weighted by Crippen LogP contribution is 2.10. The lowest BCUT2D eigenvalue weighted by Crippen LogP contribution is -2.38. The van der Waals surface area contributed by atoms with Gasteiger partial charge in [0, 0.05) is 12.3 Å². The minimum atomic E-state index is -0.621. The van der Waals surface area contributed by atoms with Gasteiger partial charge in [-0.3, -0.25) is 4.79 Å². The molecule has 2 aromatic heterocycles. The topological polar surface area (TPSA) is 89.8 Å². The molecule has 0 bridgehead atoms. The Morgan fingerprint density at radius 3 is 2.76 bits per heavy atom. The van der Waals surface area contributed by atoms with Crippen molar-refractivity contribution in [2.45, 2.75) is 19.4 Å². The van der Waals surface area contributed by atoms with E-state index < -0.39 is 6.04 Å². The van der Waals surface area contributed by atoms with E-state index in [2.05, 4.69) is 20.4 Å². The third kappa shape index (κ3) is 3.95. The van der Waals surface area contributed by atoms with E-state index in [4.69, 9.17) is 0 Å². The Hall–Kier alpha value is -3.35. The predicted octanol–water partition coefficient (Wildman–Crippen LogP) is 1.51. The maximum atomic E-state index is 12.6. The molecule has 0 unspecified atom stereocenters. The summed E-state index contributed by atoms with van der Waals surface area (Å²) in [6.07, 6.45) is 4.13. The van der Waals surface area contributed by atoms with Gasteiger partial charge in [-0.15, -0.1) is 0 Å². The molecule has 0 saturated carbocycles. The monoisotopic (exact) mass is 335 g/mol. The Morgan fingerprint density at radius 2 is 2.08 bits per heavy atom. The summed E-state index contributed by atoms with van der Waals surface area (Å²) in [5.74, 6) is 0.103. The number of hydrogen-bond donors (Lipinski definition) is 1. The molecule has 25 heavy (non-hydrogen) atoms. The Morgan fingerprint density at radius 1 is 1.28 bits per heavy atom. The molecule has 7 heteroatoms. The molecule has 1 aromatic carbocycles. The predicted molar refractivity (Wildman–Crippen MR) is 91.4 cm³/mol. The molecule has 0 aliphatic rings. The van der Waals surface area contributed by atoms with Crippen molar-refractivity contribution in [3.63, 3.8) is 0 Å². The molecule has 0 aliphatic heterocycles. The van der Waals surface area contributed by atoms with Crippen LogP contribution in [-0.4, -0.2) is 38.0 Å². The maximum absolute atomic E-state index is 12.6. The first-order valence-electron chi connectivity index (χ1n) is 7.80. The minimum absolute atomic E-state index is 0.316. The first kappa shape index (κ1) is 16.5. The number of carbonyl (C=O) groups excluding carboxylic acids is 2. The quantitative estimate of drug-likeness (QED) is 0.690. The van der Waals surface area contributed by atoms with Gasteiger partial charge < -0.3 is 10.1 Å². The third-order valence-electron chi connectivity index (χ3n) is 3.63. The first-order valence-corrected chi connectivity index (χ1v) is 7.80. The number of nitrogens with zero attached hydrogens (tertiary/aromatic N) is 4. The number of aryl methyl sites for hydroxylation is 1. The van der Waals surface area contributed by atoms with Crippen LogP contribution in [0.3, 0.4) is 0 Å². The van der Waals surface area contributed by atoms with Crippen LogP contribution in [0.15, 0.2) is 55.0 Å². The lowest BCUT2D eigenvalue weighted by Gasteiger charge is -2.13. The number of carbonyl (C=O) groups is 2. The normalized spacial score (nSPS) is 11.7. The van der Waals surface area contributed by atoms with Crippen LogP contribution in [0.25, 0.3) is 5.82 Å². The van der Waals surface area contributed by atoms with Gasteiger partial charge in [0.25, 0.3) is 5.91 Å². The molecular weight excluding hydrogens is 318 g/mol. The van der Waals surface area contributed by atoms with Crippen molar-refractivity contribution >= 4 is 12.2 Å². The Kier molecular flexibility index (Phi) is 4.94. The molecule has 0 saturated heterocycles. The van der Waals surface area contributed by atoms with Gasteiger partial charge in [-0.05, 0) is 25.0 Å². The van der Waals surface area contributed by atoms with Crippen molar-refractivity contribution in [2.75, 3.05) is 0 Å². The minimum Gasteiger partial charge on any atom is -0.341 e. The van der Waals surface area contributed by atoms with E-state index in [1.54, 1.807) is 25.3 Å². The lowest BCUT2D eigenvalue weighted by molar-refractivity contribution is -0.109. The second kappa shape index (κ2) is 7.48. The molecule has 3 aromatic rings. The van der Waals surface area contributed by atoms with E-state index in [1.807, 2.05) is 30.3 Å². The second-order valence-electron chi connectivity index (χ2n) is 5.56. The Bertz CT molecular complexity index is 862. The van der Waals surface area contributed by atoms with E-state index >= 15 is 0 Å². The molecule has 2 heterocycles. The summed E-state index contributed by atoms with van der Waals surface area (Å²) in [4.78, 5) is 32.0. The molecule has 1 atom stereocenters. The molecule has 1 N–H and O–H groups in total. The van der Waals surface area contributed by atoms with Crippen molar-refractivity contribution < 1.29 is 9.59 Å². The number of benzene rings is 1. The van der Waals surface area contributed by atoms with Crippen molar-refractivity contribution in [1.82, 2.24) is 25.1 Å². The highest BCUT2D eigenvalue weighted by molar-refractivity contribution is 5.94. The molecule has 1 amide bonds. The summed E-state index contributed by atoms with van der Waals surface area (Å²) in [6, 6.07) is 12.2. The zero-order chi connectivity index (χ0) is 17.6. The van der Waals surface area contributed by atoms with Gasteiger partial charge in [0.1, 0.15) is 18.3 Å². The third-order valence-corrected chi connectivity index (χ3v) is 3.63. The van der Waals surface area contributed by atoms with Gasteiger partial charge in [0.05, 0.1) is 11.7 Å². The molecule has 3 rings (SSSR count). The molecular formula is C18H17N5O2. The van der Waals surface area contributed by atoms with E-state index in [-0.39, 0.29) is 5.91 Å². The average Bonchev–Trinajstić information content (AvgIpc) is 3.04. The van der Waals surface area contributed by atoms with Crippen molar-refractivity contribution in [2.24, 2.45) is 0 Å². The second-order valence-corrected chi connectivity index (χ2v) is 5.56. The van der Waals surface area contributed by atoms with Crippen LogP contribution in [0.4, 0.5) is 0 Å². The van der Waals surface area contributed by atoms with Gasteiger partial charge in [0.15, 0.2) is 5.82 Å². The summed E-state index contributed by atoms with van der Waals surface area (Å²) < 4.78 is 1.44. The molecule has 0 spiro atoms. The summed E-state index contributed by atoms with van der Waals surface area (Å²) in [7, 11) is 0. The Balaban J connectivity index is 1.80. The van der Waals surface area contributed by atoms with Gasteiger partial charge in [-0.2, -0.15) is 5.10 Å². The Labute approximate surface area is 144 Å². The van der Waals surface area contributed by atoms with Crippen molar-refractivity contribution in [3.8, 4) is 5.82 Å². The van der Waals surface area contributed by atoms with Crippen molar-refractivity contribution in [3.05, 3.63) is 71.9 Å². The van der Waals surface area contributed by atoms with Gasteiger partial charge in [-0.25, -0.2) is 14.6 Å². The van der Waals surface area contributed by atoms with Crippen LogP contribution >= 0.6 is 0 Å². The molecule has 0 radical (unpaired) electrons. The number of amides is 1. The largest absolute Gasteiger partial charge is 0.341 e. The highest BCUT2D eigenvalue weighted by Gasteiger charge is 2.19. The number of rotatable bonds is 6. The van der Waals surface area contributed by atoms with Gasteiger partial charge >= 0.3 is 0 Å². The van der Waals surface area contributed by atoms with E-state index in [0.29, 0.717) is 23.6 Å². The summed E-state index contributed by atoms with van der Waals surface area (Å²) >= 11 is 0. The van der Waals surface area contributed by atoms with Gasteiger partial charge in [0.2, 0.25) is 0 Å². The first-order chi connectivity index (χ1) is 12.2. The zero-order valence-electron chi connectivity index (χ0n) is 13.7. The van der Waals surface area contributed by atoms with E-state index in [1.165, 1.54) is 11.0 Å². The van der Waals surface area contributed by atoms with Crippen molar-refractivity contribution in [1.29, 1.82) is 0 Å². The summed E-state index contributed by atoms with van der Waals surface area (Å²) in [5, 5.41) is 7.04.